The number of hydrogen-bond acceptors (Lipinski definition) is 3. The molecular formula is C15H24N2O4. The number of likely N-dealkylation sites (tertiary alicyclic amines) is 1. The maximum atomic E-state index is 12.3. The normalized spacial score (nSPS) is 26.0. The molecule has 2 N–H and O–H groups in total. The highest BCUT2D eigenvalue weighted by atomic mass is 16.4. The van der Waals surface area contributed by atoms with Gasteiger partial charge in [-0.15, -0.1) is 0 Å². The topological polar surface area (TPSA) is 86.7 Å². The minimum atomic E-state index is -0.867. The largest absolute Gasteiger partial charge is 0.481 e. The van der Waals surface area contributed by atoms with E-state index in [2.05, 4.69) is 5.32 Å². The standard InChI is InChI=1S/C15H24N2O4/c1-2-7-16-13(18)10-5-8-17(9-6-10)14(19)11-3-4-12(11)15(20)21/h10-12H,2-9H2,1H3,(H,16,18)(H,20,21). The van der Waals surface area contributed by atoms with Crippen molar-refractivity contribution in [2.75, 3.05) is 19.6 Å². The Labute approximate surface area is 124 Å². The van der Waals surface area contributed by atoms with Crippen LogP contribution in [0.1, 0.15) is 39.0 Å². The van der Waals surface area contributed by atoms with E-state index in [1.165, 1.54) is 0 Å². The molecule has 0 aromatic rings. The summed E-state index contributed by atoms with van der Waals surface area (Å²) in [5, 5.41) is 11.9. The van der Waals surface area contributed by atoms with Gasteiger partial charge in [0.05, 0.1) is 11.8 Å². The van der Waals surface area contributed by atoms with E-state index >= 15 is 0 Å². The lowest BCUT2D eigenvalue weighted by Gasteiger charge is -2.39. The molecule has 1 aliphatic carbocycles. The minimum Gasteiger partial charge on any atom is -0.481 e. The Hall–Kier alpha value is -1.59. The monoisotopic (exact) mass is 296 g/mol. The minimum absolute atomic E-state index is 0.0164. The Morgan fingerprint density at radius 1 is 1.10 bits per heavy atom. The van der Waals surface area contributed by atoms with Crippen LogP contribution in [0.4, 0.5) is 0 Å². The summed E-state index contributed by atoms with van der Waals surface area (Å²) in [5.74, 6) is -1.71. The smallest absolute Gasteiger partial charge is 0.307 e. The molecular weight excluding hydrogens is 272 g/mol. The summed E-state index contributed by atoms with van der Waals surface area (Å²) in [7, 11) is 0. The summed E-state index contributed by atoms with van der Waals surface area (Å²) < 4.78 is 0. The number of nitrogens with zero attached hydrogens (tertiary/aromatic N) is 1. The molecule has 6 nitrogen and oxygen atoms in total. The van der Waals surface area contributed by atoms with Gasteiger partial charge in [0.25, 0.3) is 0 Å². The molecule has 6 heteroatoms. The molecule has 2 atom stereocenters. The van der Waals surface area contributed by atoms with Crippen molar-refractivity contribution >= 4 is 17.8 Å². The first-order chi connectivity index (χ1) is 10.0. The van der Waals surface area contributed by atoms with Crippen molar-refractivity contribution in [3.63, 3.8) is 0 Å². The van der Waals surface area contributed by atoms with Gasteiger partial charge in [0, 0.05) is 25.6 Å². The van der Waals surface area contributed by atoms with E-state index in [0.717, 1.165) is 6.42 Å². The number of hydrogen-bond donors (Lipinski definition) is 2. The van der Waals surface area contributed by atoms with E-state index in [1.807, 2.05) is 6.92 Å². The van der Waals surface area contributed by atoms with Crippen molar-refractivity contribution in [1.82, 2.24) is 10.2 Å². The van der Waals surface area contributed by atoms with E-state index in [-0.39, 0.29) is 23.7 Å². The summed E-state index contributed by atoms with van der Waals surface area (Å²) >= 11 is 0. The molecule has 0 aromatic heterocycles. The van der Waals surface area contributed by atoms with Gasteiger partial charge >= 0.3 is 5.97 Å². The van der Waals surface area contributed by atoms with Gasteiger partial charge in [-0.2, -0.15) is 0 Å². The molecule has 2 fully saturated rings. The second kappa shape index (κ2) is 6.91. The number of carboxylic acids is 1. The molecule has 1 saturated carbocycles. The zero-order valence-electron chi connectivity index (χ0n) is 12.5. The average Bonchev–Trinajstić information content (AvgIpc) is 2.43. The zero-order chi connectivity index (χ0) is 15.4. The van der Waals surface area contributed by atoms with Crippen molar-refractivity contribution < 1.29 is 19.5 Å². The van der Waals surface area contributed by atoms with Crippen LogP contribution in [-0.4, -0.2) is 47.4 Å². The van der Waals surface area contributed by atoms with Crippen LogP contribution in [0, 0.1) is 17.8 Å². The highest BCUT2D eigenvalue weighted by molar-refractivity contribution is 5.86. The number of aliphatic carboxylic acids is 1. The Balaban J connectivity index is 1.80. The van der Waals surface area contributed by atoms with Gasteiger partial charge in [-0.1, -0.05) is 6.92 Å². The molecule has 21 heavy (non-hydrogen) atoms. The van der Waals surface area contributed by atoms with Crippen LogP contribution in [0.3, 0.4) is 0 Å². The fourth-order valence-electron chi connectivity index (χ4n) is 3.08. The maximum Gasteiger partial charge on any atom is 0.307 e. The molecule has 2 amide bonds. The molecule has 0 bridgehead atoms. The molecule has 0 aromatic carbocycles. The van der Waals surface area contributed by atoms with E-state index in [1.54, 1.807) is 4.90 Å². The van der Waals surface area contributed by atoms with E-state index in [9.17, 15) is 14.4 Å². The highest BCUT2D eigenvalue weighted by Crippen LogP contribution is 2.36. The second-order valence-electron chi connectivity index (χ2n) is 6.02. The van der Waals surface area contributed by atoms with Gasteiger partial charge in [-0.25, -0.2) is 0 Å². The third-order valence-corrected chi connectivity index (χ3v) is 4.64. The summed E-state index contributed by atoms with van der Waals surface area (Å²) in [6.45, 7) is 3.83. The molecule has 2 unspecified atom stereocenters. The first kappa shape index (κ1) is 15.8. The summed E-state index contributed by atoms with van der Waals surface area (Å²) in [6, 6.07) is 0. The summed E-state index contributed by atoms with van der Waals surface area (Å²) in [5.41, 5.74) is 0. The van der Waals surface area contributed by atoms with Gasteiger partial charge in [-0.3, -0.25) is 14.4 Å². The Kier molecular flexibility index (Phi) is 5.20. The predicted molar refractivity (Wildman–Crippen MR) is 76.5 cm³/mol. The Morgan fingerprint density at radius 2 is 1.71 bits per heavy atom. The number of rotatable bonds is 5. The van der Waals surface area contributed by atoms with Crippen LogP contribution >= 0.6 is 0 Å². The average molecular weight is 296 g/mol. The van der Waals surface area contributed by atoms with Crippen molar-refractivity contribution in [2.45, 2.75) is 39.0 Å². The molecule has 0 spiro atoms. The molecule has 2 rings (SSSR count). The Bertz CT molecular complexity index is 416. The first-order valence-electron chi connectivity index (χ1n) is 7.84. The SMILES string of the molecule is CCCNC(=O)C1CCN(C(=O)C2CCC2C(=O)O)CC1. The number of piperidine rings is 1. The van der Waals surface area contributed by atoms with Gasteiger partial charge in [0.2, 0.25) is 11.8 Å². The van der Waals surface area contributed by atoms with Crippen LogP contribution in [0.2, 0.25) is 0 Å². The van der Waals surface area contributed by atoms with E-state index < -0.39 is 11.9 Å². The predicted octanol–water partition coefficient (Wildman–Crippen LogP) is 0.862. The number of carboxylic acid groups (broad SMARTS) is 1. The van der Waals surface area contributed by atoms with E-state index in [4.69, 9.17) is 5.11 Å². The molecule has 1 saturated heterocycles. The van der Waals surface area contributed by atoms with Crippen LogP contribution in [0.15, 0.2) is 0 Å². The summed E-state index contributed by atoms with van der Waals surface area (Å²) in [4.78, 5) is 36.9. The number of amides is 2. The lowest BCUT2D eigenvalue weighted by Crippen LogP contribution is -2.49. The van der Waals surface area contributed by atoms with Gasteiger partial charge in [0.1, 0.15) is 0 Å². The van der Waals surface area contributed by atoms with Crippen molar-refractivity contribution in [3.8, 4) is 0 Å². The second-order valence-corrected chi connectivity index (χ2v) is 6.02. The highest BCUT2D eigenvalue weighted by Gasteiger charge is 2.43. The van der Waals surface area contributed by atoms with Crippen molar-refractivity contribution in [2.24, 2.45) is 17.8 Å². The molecule has 1 heterocycles. The molecule has 1 aliphatic heterocycles. The first-order valence-corrected chi connectivity index (χ1v) is 7.84. The third kappa shape index (κ3) is 3.54. The number of carbonyl (C=O) groups excluding carboxylic acids is 2. The van der Waals surface area contributed by atoms with E-state index in [0.29, 0.717) is 45.3 Å². The fraction of sp³-hybridized carbons (Fsp3) is 0.800. The molecule has 0 radical (unpaired) electrons. The molecule has 2 aliphatic rings. The lowest BCUT2D eigenvalue weighted by atomic mass is 9.72. The van der Waals surface area contributed by atoms with Crippen LogP contribution < -0.4 is 5.32 Å². The van der Waals surface area contributed by atoms with Crippen LogP contribution in [0.5, 0.6) is 0 Å². The van der Waals surface area contributed by atoms with Crippen LogP contribution in [-0.2, 0) is 14.4 Å². The quantitative estimate of drug-likeness (QED) is 0.788. The number of nitrogens with one attached hydrogen (secondary N) is 1. The maximum absolute atomic E-state index is 12.3. The lowest BCUT2D eigenvalue weighted by molar-refractivity contribution is -0.157. The Morgan fingerprint density at radius 3 is 2.19 bits per heavy atom. The van der Waals surface area contributed by atoms with Gasteiger partial charge < -0.3 is 15.3 Å². The van der Waals surface area contributed by atoms with Gasteiger partial charge in [-0.05, 0) is 32.1 Å². The van der Waals surface area contributed by atoms with Crippen molar-refractivity contribution in [1.29, 1.82) is 0 Å². The van der Waals surface area contributed by atoms with Gasteiger partial charge in [0.15, 0.2) is 0 Å². The number of carbonyl (C=O) groups is 3. The summed E-state index contributed by atoms with van der Waals surface area (Å²) in [6.07, 6.45) is 3.53. The fourth-order valence-corrected chi connectivity index (χ4v) is 3.08. The third-order valence-electron chi connectivity index (χ3n) is 4.64. The van der Waals surface area contributed by atoms with Crippen LogP contribution in [0.25, 0.3) is 0 Å². The van der Waals surface area contributed by atoms with Crippen molar-refractivity contribution in [3.05, 3.63) is 0 Å². The molecule has 118 valence electrons. The zero-order valence-corrected chi connectivity index (χ0v) is 12.5.